The Labute approximate surface area is 101 Å². The largest absolute Gasteiger partial charge is 0.316 e. The third kappa shape index (κ3) is 3.10. The van der Waals surface area contributed by atoms with Crippen molar-refractivity contribution in [1.82, 2.24) is 5.32 Å². The number of rotatable bonds is 2. The lowest BCUT2D eigenvalue weighted by atomic mass is 9.92. The molecule has 1 unspecified atom stereocenters. The Morgan fingerprint density at radius 1 is 1.33 bits per heavy atom. The summed E-state index contributed by atoms with van der Waals surface area (Å²) in [5.41, 5.74) is 1.18. The van der Waals surface area contributed by atoms with Gasteiger partial charge in [-0.2, -0.15) is 0 Å². The number of halogens is 2. The lowest BCUT2D eigenvalue weighted by Gasteiger charge is -2.23. The van der Waals surface area contributed by atoms with Crippen LogP contribution in [0.5, 0.6) is 0 Å². The van der Waals surface area contributed by atoms with Gasteiger partial charge in [-0.15, -0.1) is 0 Å². The van der Waals surface area contributed by atoms with Gasteiger partial charge in [0.2, 0.25) is 0 Å². The second kappa shape index (κ2) is 5.20. The van der Waals surface area contributed by atoms with E-state index in [1.54, 1.807) is 0 Å². The van der Waals surface area contributed by atoms with Crippen LogP contribution in [0.1, 0.15) is 18.4 Å². The normalized spacial score (nSPS) is 21.6. The highest BCUT2D eigenvalue weighted by Crippen LogP contribution is 2.25. The number of hydrogen-bond donors (Lipinski definition) is 1. The van der Waals surface area contributed by atoms with E-state index in [1.807, 2.05) is 18.2 Å². The number of benzene rings is 1. The Morgan fingerprint density at radius 3 is 2.93 bits per heavy atom. The molecule has 0 radical (unpaired) electrons. The van der Waals surface area contributed by atoms with Crippen molar-refractivity contribution in [2.24, 2.45) is 5.92 Å². The summed E-state index contributed by atoms with van der Waals surface area (Å²) in [4.78, 5) is 0. The van der Waals surface area contributed by atoms with E-state index in [-0.39, 0.29) is 0 Å². The minimum Gasteiger partial charge on any atom is -0.316 e. The monoisotopic (exact) mass is 243 g/mol. The summed E-state index contributed by atoms with van der Waals surface area (Å²) in [6, 6.07) is 5.71. The third-order valence-corrected chi connectivity index (χ3v) is 3.52. The van der Waals surface area contributed by atoms with E-state index >= 15 is 0 Å². The van der Waals surface area contributed by atoms with E-state index < -0.39 is 0 Å². The quantitative estimate of drug-likeness (QED) is 0.839. The Balaban J connectivity index is 2.05. The molecule has 1 atom stereocenters. The minimum atomic E-state index is 0.703. The van der Waals surface area contributed by atoms with E-state index in [9.17, 15) is 0 Å². The predicted octanol–water partition coefficient (Wildman–Crippen LogP) is 3.54. The van der Waals surface area contributed by atoms with Gasteiger partial charge in [0.15, 0.2) is 0 Å². The van der Waals surface area contributed by atoms with Gasteiger partial charge < -0.3 is 5.32 Å². The summed E-state index contributed by atoms with van der Waals surface area (Å²) in [5, 5.41) is 5.03. The zero-order valence-corrected chi connectivity index (χ0v) is 10.1. The van der Waals surface area contributed by atoms with Crippen molar-refractivity contribution in [2.45, 2.75) is 19.3 Å². The Morgan fingerprint density at radius 2 is 2.20 bits per heavy atom. The smallest absolute Gasteiger partial charge is 0.0439 e. The standard InChI is InChI=1S/C12H15Cl2N/c13-11-3-4-12(14)10(7-11)6-9-2-1-5-15-8-9/h3-4,7,9,15H,1-2,5-6,8H2. The molecule has 1 N–H and O–H groups in total. The van der Waals surface area contributed by atoms with Crippen molar-refractivity contribution in [3.05, 3.63) is 33.8 Å². The van der Waals surface area contributed by atoms with Crippen LogP contribution >= 0.6 is 23.2 Å². The average Bonchev–Trinajstić information content (AvgIpc) is 2.25. The van der Waals surface area contributed by atoms with E-state index in [4.69, 9.17) is 23.2 Å². The van der Waals surface area contributed by atoms with E-state index in [2.05, 4.69) is 5.32 Å². The van der Waals surface area contributed by atoms with Gasteiger partial charge in [-0.1, -0.05) is 23.2 Å². The zero-order valence-electron chi connectivity index (χ0n) is 8.60. The lowest BCUT2D eigenvalue weighted by Crippen LogP contribution is -2.30. The molecule has 1 heterocycles. The van der Waals surface area contributed by atoms with Crippen LogP contribution in [0.15, 0.2) is 18.2 Å². The van der Waals surface area contributed by atoms with Crippen LogP contribution < -0.4 is 5.32 Å². The number of nitrogens with one attached hydrogen (secondary N) is 1. The summed E-state index contributed by atoms with van der Waals surface area (Å²) in [5.74, 6) is 0.703. The van der Waals surface area contributed by atoms with Crippen molar-refractivity contribution in [1.29, 1.82) is 0 Å². The summed E-state index contributed by atoms with van der Waals surface area (Å²) in [7, 11) is 0. The van der Waals surface area contributed by atoms with Gasteiger partial charge in [0, 0.05) is 10.0 Å². The molecule has 1 aromatic carbocycles. The fourth-order valence-electron chi connectivity index (χ4n) is 2.11. The van der Waals surface area contributed by atoms with Crippen LogP contribution in [0.2, 0.25) is 10.0 Å². The molecule has 1 aliphatic heterocycles. The molecule has 0 aromatic heterocycles. The molecule has 0 spiro atoms. The molecule has 1 aliphatic rings. The van der Waals surface area contributed by atoms with Gasteiger partial charge in [-0.05, 0) is 62.0 Å². The van der Waals surface area contributed by atoms with E-state index in [0.29, 0.717) is 5.92 Å². The second-order valence-corrected chi connectivity index (χ2v) is 5.00. The Bertz CT molecular complexity index is 332. The molecule has 0 bridgehead atoms. The molecule has 0 saturated carbocycles. The maximum absolute atomic E-state index is 6.14. The highest BCUT2D eigenvalue weighted by molar-refractivity contribution is 6.33. The van der Waals surface area contributed by atoms with Crippen molar-refractivity contribution in [3.8, 4) is 0 Å². The summed E-state index contributed by atoms with van der Waals surface area (Å²) < 4.78 is 0. The van der Waals surface area contributed by atoms with Crippen LogP contribution in [-0.2, 0) is 6.42 Å². The second-order valence-electron chi connectivity index (χ2n) is 4.15. The highest BCUT2D eigenvalue weighted by atomic mass is 35.5. The third-order valence-electron chi connectivity index (χ3n) is 2.92. The van der Waals surface area contributed by atoms with Gasteiger partial charge in [0.25, 0.3) is 0 Å². The van der Waals surface area contributed by atoms with E-state index in [0.717, 1.165) is 29.6 Å². The first-order chi connectivity index (χ1) is 7.25. The Hall–Kier alpha value is -0.240. The van der Waals surface area contributed by atoms with Gasteiger partial charge in [-0.25, -0.2) is 0 Å². The molecule has 0 aliphatic carbocycles. The zero-order chi connectivity index (χ0) is 10.7. The molecule has 2 rings (SSSR count). The average molecular weight is 244 g/mol. The molecular formula is C12H15Cl2N. The topological polar surface area (TPSA) is 12.0 Å². The Kier molecular flexibility index (Phi) is 3.90. The van der Waals surface area contributed by atoms with Crippen LogP contribution in [0.25, 0.3) is 0 Å². The maximum Gasteiger partial charge on any atom is 0.0439 e. The predicted molar refractivity (Wildman–Crippen MR) is 65.8 cm³/mol. The molecule has 0 amide bonds. The van der Waals surface area contributed by atoms with Gasteiger partial charge >= 0.3 is 0 Å². The molecule has 1 fully saturated rings. The molecule has 1 saturated heterocycles. The van der Waals surface area contributed by atoms with Crippen molar-refractivity contribution in [2.75, 3.05) is 13.1 Å². The van der Waals surface area contributed by atoms with Gasteiger partial charge in [-0.3, -0.25) is 0 Å². The summed E-state index contributed by atoms with van der Waals surface area (Å²) >= 11 is 12.1. The van der Waals surface area contributed by atoms with Crippen molar-refractivity contribution < 1.29 is 0 Å². The first kappa shape index (κ1) is 11.3. The van der Waals surface area contributed by atoms with Crippen molar-refractivity contribution in [3.63, 3.8) is 0 Å². The highest BCUT2D eigenvalue weighted by Gasteiger charge is 2.14. The molecular weight excluding hydrogens is 229 g/mol. The van der Waals surface area contributed by atoms with Crippen molar-refractivity contribution >= 4 is 23.2 Å². The minimum absolute atomic E-state index is 0.703. The fraction of sp³-hybridized carbons (Fsp3) is 0.500. The molecule has 82 valence electrons. The van der Waals surface area contributed by atoms with Crippen LogP contribution in [0.4, 0.5) is 0 Å². The first-order valence-corrected chi connectivity index (χ1v) is 6.16. The van der Waals surface area contributed by atoms with Crippen LogP contribution in [0, 0.1) is 5.92 Å². The number of piperidine rings is 1. The number of hydrogen-bond acceptors (Lipinski definition) is 1. The molecule has 15 heavy (non-hydrogen) atoms. The molecule has 1 aromatic rings. The van der Waals surface area contributed by atoms with E-state index in [1.165, 1.54) is 18.4 Å². The fourth-order valence-corrected chi connectivity index (χ4v) is 2.50. The summed E-state index contributed by atoms with van der Waals surface area (Å²) in [6.45, 7) is 2.25. The maximum atomic E-state index is 6.14. The van der Waals surface area contributed by atoms with Gasteiger partial charge in [0.1, 0.15) is 0 Å². The van der Waals surface area contributed by atoms with Gasteiger partial charge in [0.05, 0.1) is 0 Å². The van der Waals surface area contributed by atoms with Crippen LogP contribution in [0.3, 0.4) is 0 Å². The van der Waals surface area contributed by atoms with Crippen LogP contribution in [-0.4, -0.2) is 13.1 Å². The lowest BCUT2D eigenvalue weighted by molar-refractivity contribution is 0.376. The SMILES string of the molecule is Clc1ccc(Cl)c(CC2CCCNC2)c1. The summed E-state index contributed by atoms with van der Waals surface area (Å²) in [6.07, 6.45) is 3.59. The first-order valence-electron chi connectivity index (χ1n) is 5.40. The molecule has 1 nitrogen and oxygen atoms in total. The molecule has 3 heteroatoms.